The van der Waals surface area contributed by atoms with Crippen LogP contribution in [0.25, 0.3) is 0 Å². The van der Waals surface area contributed by atoms with E-state index in [9.17, 15) is 19.5 Å². The summed E-state index contributed by atoms with van der Waals surface area (Å²) in [6.07, 6.45) is -0.0507. The molecule has 2 aromatic carbocycles. The van der Waals surface area contributed by atoms with E-state index in [4.69, 9.17) is 10.2 Å². The van der Waals surface area contributed by atoms with E-state index in [1.807, 2.05) is 36.1 Å². The molecule has 0 aromatic heterocycles. The molecule has 0 saturated carbocycles. The van der Waals surface area contributed by atoms with Crippen LogP contribution in [-0.2, 0) is 17.9 Å². The van der Waals surface area contributed by atoms with E-state index in [1.54, 1.807) is 6.07 Å². The number of benzene rings is 2. The highest BCUT2D eigenvalue weighted by Crippen LogP contribution is 2.16. The van der Waals surface area contributed by atoms with Crippen LogP contribution in [0.3, 0.4) is 0 Å². The molecule has 0 radical (unpaired) electrons. The first kappa shape index (κ1) is 20.1. The molecule has 0 aliphatic heterocycles. The molecular weight excluding hydrogens is 350 g/mol. The van der Waals surface area contributed by atoms with Crippen LogP contribution in [0.4, 0.5) is 0 Å². The summed E-state index contributed by atoms with van der Waals surface area (Å²) in [5.74, 6) is -3.54. The number of rotatable bonds is 9. The summed E-state index contributed by atoms with van der Waals surface area (Å²) in [4.78, 5) is 35.4. The van der Waals surface area contributed by atoms with Gasteiger partial charge in [-0.2, -0.15) is 0 Å². The highest BCUT2D eigenvalue weighted by Gasteiger charge is 2.17. The highest BCUT2D eigenvalue weighted by molar-refractivity contribution is 6.01. The lowest BCUT2D eigenvalue weighted by Gasteiger charge is -2.22. The number of aliphatic carboxylic acids is 1. The van der Waals surface area contributed by atoms with Gasteiger partial charge in [0.25, 0.3) is 0 Å². The fourth-order valence-corrected chi connectivity index (χ4v) is 2.73. The lowest BCUT2D eigenvalue weighted by molar-refractivity contribution is -0.137. The molecule has 142 valence electrons. The van der Waals surface area contributed by atoms with Gasteiger partial charge in [0, 0.05) is 19.6 Å². The minimum Gasteiger partial charge on any atom is -0.481 e. The molecule has 2 rings (SSSR count). The summed E-state index contributed by atoms with van der Waals surface area (Å²) in [6, 6.07) is 12.0. The monoisotopic (exact) mass is 371 g/mol. The first-order chi connectivity index (χ1) is 12.8. The Kier molecular flexibility index (Phi) is 6.67. The predicted molar refractivity (Wildman–Crippen MR) is 97.9 cm³/mol. The number of carboxylic acids is 3. The smallest absolute Gasteiger partial charge is 0.336 e. The maximum atomic E-state index is 11.3. The summed E-state index contributed by atoms with van der Waals surface area (Å²) in [7, 11) is 0. The van der Waals surface area contributed by atoms with Crippen molar-refractivity contribution in [2.45, 2.75) is 26.4 Å². The van der Waals surface area contributed by atoms with Crippen LogP contribution in [0, 0.1) is 6.92 Å². The predicted octanol–water partition coefficient (Wildman–Crippen LogP) is 2.87. The summed E-state index contributed by atoms with van der Waals surface area (Å²) in [5.41, 5.74) is 2.17. The highest BCUT2D eigenvalue weighted by atomic mass is 16.4. The summed E-state index contributed by atoms with van der Waals surface area (Å²) >= 11 is 0. The maximum Gasteiger partial charge on any atom is 0.336 e. The molecule has 0 saturated heterocycles. The van der Waals surface area contributed by atoms with Crippen LogP contribution >= 0.6 is 0 Å². The molecular formula is C20H21NO6. The van der Waals surface area contributed by atoms with E-state index in [-0.39, 0.29) is 24.1 Å². The molecule has 0 amide bonds. The molecule has 0 aliphatic carbocycles. The lowest BCUT2D eigenvalue weighted by atomic mass is 10.0. The number of carboxylic acid groups (broad SMARTS) is 3. The van der Waals surface area contributed by atoms with Crippen LogP contribution in [0.2, 0.25) is 0 Å². The van der Waals surface area contributed by atoms with E-state index in [1.165, 1.54) is 12.1 Å². The van der Waals surface area contributed by atoms with Gasteiger partial charge in [0.2, 0.25) is 0 Å². The fourth-order valence-electron chi connectivity index (χ4n) is 2.73. The van der Waals surface area contributed by atoms with Gasteiger partial charge in [0.15, 0.2) is 0 Å². The number of hydrogen-bond acceptors (Lipinski definition) is 4. The first-order valence-corrected chi connectivity index (χ1v) is 8.35. The SMILES string of the molecule is Cc1ccc(CN(CCC(=O)O)Cc2ccc(C(=O)O)c(C(=O)O)c2)cc1. The zero-order chi connectivity index (χ0) is 20.0. The van der Waals surface area contributed by atoms with E-state index >= 15 is 0 Å². The Bertz CT molecular complexity index is 844. The quantitative estimate of drug-likeness (QED) is 0.621. The topological polar surface area (TPSA) is 115 Å². The van der Waals surface area contributed by atoms with E-state index < -0.39 is 17.9 Å². The Morgan fingerprint density at radius 3 is 1.93 bits per heavy atom. The van der Waals surface area contributed by atoms with Crippen LogP contribution in [0.1, 0.15) is 43.8 Å². The van der Waals surface area contributed by atoms with Gasteiger partial charge in [-0.25, -0.2) is 9.59 Å². The summed E-state index contributed by atoms with van der Waals surface area (Å²) < 4.78 is 0. The van der Waals surface area contributed by atoms with Gasteiger partial charge in [0.05, 0.1) is 17.5 Å². The fraction of sp³-hybridized carbons (Fsp3) is 0.250. The van der Waals surface area contributed by atoms with E-state index in [2.05, 4.69) is 0 Å². The molecule has 3 N–H and O–H groups in total. The second-order valence-electron chi connectivity index (χ2n) is 6.33. The number of aromatic carboxylic acids is 2. The number of carbonyl (C=O) groups is 3. The van der Waals surface area contributed by atoms with E-state index in [0.29, 0.717) is 18.7 Å². The molecule has 0 fully saturated rings. The maximum absolute atomic E-state index is 11.3. The molecule has 0 bridgehead atoms. The van der Waals surface area contributed by atoms with Crippen molar-refractivity contribution >= 4 is 17.9 Å². The number of hydrogen-bond donors (Lipinski definition) is 3. The third kappa shape index (κ3) is 5.93. The Hall–Kier alpha value is -3.19. The normalized spacial score (nSPS) is 10.7. The number of aryl methyl sites for hydroxylation is 1. The van der Waals surface area contributed by atoms with Crippen LogP contribution < -0.4 is 0 Å². The Labute approximate surface area is 156 Å². The molecule has 0 aliphatic rings. The average molecular weight is 371 g/mol. The molecule has 27 heavy (non-hydrogen) atoms. The van der Waals surface area contributed by atoms with Gasteiger partial charge < -0.3 is 15.3 Å². The number of nitrogens with zero attached hydrogens (tertiary/aromatic N) is 1. The Balaban J connectivity index is 2.24. The van der Waals surface area contributed by atoms with Crippen molar-refractivity contribution in [2.75, 3.05) is 6.54 Å². The van der Waals surface area contributed by atoms with Crippen molar-refractivity contribution in [2.24, 2.45) is 0 Å². The third-order valence-electron chi connectivity index (χ3n) is 4.12. The molecule has 0 heterocycles. The van der Waals surface area contributed by atoms with E-state index in [0.717, 1.165) is 11.1 Å². The zero-order valence-corrected chi connectivity index (χ0v) is 14.9. The average Bonchev–Trinajstić information content (AvgIpc) is 2.61. The van der Waals surface area contributed by atoms with Crippen molar-refractivity contribution in [1.82, 2.24) is 4.90 Å². The second-order valence-corrected chi connectivity index (χ2v) is 6.33. The Morgan fingerprint density at radius 1 is 0.815 bits per heavy atom. The first-order valence-electron chi connectivity index (χ1n) is 8.35. The second kappa shape index (κ2) is 8.95. The van der Waals surface area contributed by atoms with Crippen LogP contribution in [-0.4, -0.2) is 44.7 Å². The molecule has 0 atom stereocenters. The van der Waals surface area contributed by atoms with Gasteiger partial charge >= 0.3 is 17.9 Å². The largest absolute Gasteiger partial charge is 0.481 e. The van der Waals surface area contributed by atoms with Gasteiger partial charge in [-0.05, 0) is 30.2 Å². The molecule has 7 heteroatoms. The zero-order valence-electron chi connectivity index (χ0n) is 14.9. The van der Waals surface area contributed by atoms with Crippen molar-refractivity contribution in [3.8, 4) is 0 Å². The minimum absolute atomic E-state index is 0.0507. The third-order valence-corrected chi connectivity index (χ3v) is 4.12. The van der Waals surface area contributed by atoms with Crippen LogP contribution in [0.15, 0.2) is 42.5 Å². The van der Waals surface area contributed by atoms with Gasteiger partial charge in [-0.15, -0.1) is 0 Å². The molecule has 2 aromatic rings. The lowest BCUT2D eigenvalue weighted by Crippen LogP contribution is -2.26. The van der Waals surface area contributed by atoms with Gasteiger partial charge in [-0.1, -0.05) is 35.9 Å². The molecule has 0 spiro atoms. The standard InChI is InChI=1S/C20H21NO6/c1-13-2-4-14(5-3-13)11-21(9-8-18(22)23)12-15-6-7-16(19(24)25)17(10-15)20(26)27/h2-7,10H,8-9,11-12H2,1H3,(H,22,23)(H,24,25)(H,26,27). The Morgan fingerprint density at radius 2 is 1.37 bits per heavy atom. The van der Waals surface area contributed by atoms with Crippen molar-refractivity contribution in [1.29, 1.82) is 0 Å². The minimum atomic E-state index is -1.31. The molecule has 7 nitrogen and oxygen atoms in total. The van der Waals surface area contributed by atoms with Crippen LogP contribution in [0.5, 0.6) is 0 Å². The summed E-state index contributed by atoms with van der Waals surface area (Å²) in [6.45, 7) is 3.06. The van der Waals surface area contributed by atoms with Crippen molar-refractivity contribution < 1.29 is 29.7 Å². The summed E-state index contributed by atoms with van der Waals surface area (Å²) in [5, 5.41) is 27.3. The van der Waals surface area contributed by atoms with Crippen molar-refractivity contribution in [3.05, 3.63) is 70.3 Å². The van der Waals surface area contributed by atoms with Gasteiger partial charge in [0.1, 0.15) is 0 Å². The van der Waals surface area contributed by atoms with Crippen molar-refractivity contribution in [3.63, 3.8) is 0 Å². The molecule has 0 unspecified atom stereocenters. The van der Waals surface area contributed by atoms with Gasteiger partial charge in [-0.3, -0.25) is 9.69 Å².